The quantitative estimate of drug-likeness (QED) is 0.584. The van der Waals surface area contributed by atoms with Crippen LogP contribution in [0.4, 0.5) is 0 Å². The molecule has 1 atom stereocenters. The molecule has 2 rings (SSSR count). The second-order valence-electron chi connectivity index (χ2n) is 4.82. The van der Waals surface area contributed by atoms with E-state index in [1.165, 1.54) is 13.3 Å². The Balaban J connectivity index is 1.96. The summed E-state index contributed by atoms with van der Waals surface area (Å²) in [5.74, 6) is 0.436. The van der Waals surface area contributed by atoms with Gasteiger partial charge in [0.1, 0.15) is 5.75 Å². The molecule has 1 amide bonds. The molecular weight excluding hydrogens is 376 g/mol. The van der Waals surface area contributed by atoms with E-state index < -0.39 is 12.0 Å². The number of carbonyl (C=O) groups excluding carboxylic acids is 1. The van der Waals surface area contributed by atoms with E-state index in [9.17, 15) is 9.90 Å². The molecule has 0 aliphatic heterocycles. The summed E-state index contributed by atoms with van der Waals surface area (Å²) in [5.41, 5.74) is 2.80. The number of aromatic hydroxyl groups is 1. The lowest BCUT2D eigenvalue weighted by Crippen LogP contribution is -2.33. The van der Waals surface area contributed by atoms with Gasteiger partial charge in [0.2, 0.25) is 0 Å². The molecule has 24 heavy (non-hydrogen) atoms. The van der Waals surface area contributed by atoms with E-state index in [4.69, 9.17) is 9.47 Å². The minimum atomic E-state index is -0.736. The fourth-order valence-electron chi connectivity index (χ4n) is 1.85. The lowest BCUT2D eigenvalue weighted by Gasteiger charge is -2.14. The summed E-state index contributed by atoms with van der Waals surface area (Å²) in [5, 5.41) is 13.8. The van der Waals surface area contributed by atoms with Gasteiger partial charge in [-0.05, 0) is 47.1 Å². The Hall–Kier alpha value is -2.54. The second-order valence-corrected chi connectivity index (χ2v) is 5.68. The van der Waals surface area contributed by atoms with E-state index in [2.05, 4.69) is 26.5 Å². The van der Waals surface area contributed by atoms with Gasteiger partial charge in [-0.1, -0.05) is 18.2 Å². The SMILES string of the molecule is COc1cccc(/C=N\NC(=O)[C@H](C)Oc2ccccc2Br)c1O. The molecule has 0 heterocycles. The van der Waals surface area contributed by atoms with Crippen LogP contribution >= 0.6 is 15.9 Å². The molecule has 0 spiro atoms. The Morgan fingerprint density at radius 2 is 1.96 bits per heavy atom. The average Bonchev–Trinajstić information content (AvgIpc) is 2.58. The third-order valence-corrected chi connectivity index (χ3v) is 3.79. The van der Waals surface area contributed by atoms with Crippen molar-refractivity contribution in [1.29, 1.82) is 0 Å². The number of carbonyl (C=O) groups is 1. The number of nitrogens with zero attached hydrogens (tertiary/aromatic N) is 1. The van der Waals surface area contributed by atoms with Gasteiger partial charge in [-0.25, -0.2) is 5.43 Å². The highest BCUT2D eigenvalue weighted by atomic mass is 79.9. The van der Waals surface area contributed by atoms with E-state index in [1.54, 1.807) is 31.2 Å². The highest BCUT2D eigenvalue weighted by Crippen LogP contribution is 2.28. The number of rotatable bonds is 6. The number of hydrogen-bond acceptors (Lipinski definition) is 5. The van der Waals surface area contributed by atoms with E-state index in [0.717, 1.165) is 4.47 Å². The minimum Gasteiger partial charge on any atom is -0.504 e. The summed E-state index contributed by atoms with van der Waals surface area (Å²) in [6.45, 7) is 1.62. The van der Waals surface area contributed by atoms with Crippen molar-refractivity contribution in [3.8, 4) is 17.2 Å². The van der Waals surface area contributed by atoms with Gasteiger partial charge < -0.3 is 14.6 Å². The van der Waals surface area contributed by atoms with Crippen molar-refractivity contribution in [3.63, 3.8) is 0 Å². The fraction of sp³-hybridized carbons (Fsp3) is 0.176. The Kier molecular flexibility index (Phi) is 6.20. The third-order valence-electron chi connectivity index (χ3n) is 3.14. The number of benzene rings is 2. The highest BCUT2D eigenvalue weighted by molar-refractivity contribution is 9.10. The predicted octanol–water partition coefficient (Wildman–Crippen LogP) is 3.08. The van der Waals surface area contributed by atoms with E-state index in [1.807, 2.05) is 18.2 Å². The lowest BCUT2D eigenvalue weighted by molar-refractivity contribution is -0.127. The first-order chi connectivity index (χ1) is 11.5. The second kappa shape index (κ2) is 8.35. The zero-order chi connectivity index (χ0) is 17.5. The normalized spacial score (nSPS) is 12.0. The topological polar surface area (TPSA) is 80.2 Å². The summed E-state index contributed by atoms with van der Waals surface area (Å²) in [4.78, 5) is 12.0. The molecule has 2 aromatic carbocycles. The summed E-state index contributed by atoms with van der Waals surface area (Å²) in [7, 11) is 1.46. The highest BCUT2D eigenvalue weighted by Gasteiger charge is 2.15. The lowest BCUT2D eigenvalue weighted by atomic mass is 10.2. The molecule has 0 bridgehead atoms. The summed E-state index contributed by atoms with van der Waals surface area (Å²) in [6, 6.07) is 12.2. The van der Waals surface area contributed by atoms with Crippen LogP contribution in [0.5, 0.6) is 17.2 Å². The summed E-state index contributed by atoms with van der Waals surface area (Å²) in [6.07, 6.45) is 0.598. The molecule has 6 nitrogen and oxygen atoms in total. The van der Waals surface area contributed by atoms with Gasteiger partial charge in [-0.15, -0.1) is 0 Å². The Morgan fingerprint density at radius 1 is 1.25 bits per heavy atom. The van der Waals surface area contributed by atoms with Gasteiger partial charge in [0.05, 0.1) is 17.8 Å². The zero-order valence-electron chi connectivity index (χ0n) is 13.2. The number of ether oxygens (including phenoxy) is 2. The number of hydrogen-bond donors (Lipinski definition) is 2. The Labute approximate surface area is 148 Å². The molecule has 7 heteroatoms. The van der Waals surface area contributed by atoms with E-state index >= 15 is 0 Å². The molecule has 0 aliphatic rings. The van der Waals surface area contributed by atoms with Crippen LogP contribution < -0.4 is 14.9 Å². The molecule has 0 aliphatic carbocycles. The molecule has 0 fully saturated rings. The first kappa shape index (κ1) is 17.8. The van der Waals surface area contributed by atoms with Crippen molar-refractivity contribution in [1.82, 2.24) is 5.43 Å². The third kappa shape index (κ3) is 4.48. The van der Waals surface area contributed by atoms with Crippen LogP contribution in [0, 0.1) is 0 Å². The maximum absolute atomic E-state index is 12.0. The molecule has 0 saturated heterocycles. The van der Waals surface area contributed by atoms with Gasteiger partial charge >= 0.3 is 0 Å². The van der Waals surface area contributed by atoms with Crippen molar-refractivity contribution in [2.24, 2.45) is 5.10 Å². The van der Waals surface area contributed by atoms with Gasteiger partial charge in [-0.2, -0.15) is 5.10 Å². The van der Waals surface area contributed by atoms with Gasteiger partial charge in [0, 0.05) is 5.56 Å². The molecule has 0 radical (unpaired) electrons. The molecular formula is C17H17BrN2O4. The standard InChI is InChI=1S/C17H17BrN2O4/c1-11(24-14-8-4-3-7-13(14)18)17(22)20-19-10-12-6-5-9-15(23-2)16(12)21/h3-11,21H,1-2H3,(H,20,22)/b19-10-/t11-/m0/s1. The van der Waals surface area contributed by atoms with E-state index in [-0.39, 0.29) is 5.75 Å². The maximum Gasteiger partial charge on any atom is 0.280 e. The number of para-hydroxylation sites is 2. The van der Waals surface area contributed by atoms with Crippen LogP contribution in [0.15, 0.2) is 52.0 Å². The van der Waals surface area contributed by atoms with Crippen molar-refractivity contribution in [2.45, 2.75) is 13.0 Å². The molecule has 2 aromatic rings. The van der Waals surface area contributed by atoms with Crippen LogP contribution in [0.2, 0.25) is 0 Å². The number of phenols is 1. The van der Waals surface area contributed by atoms with Crippen LogP contribution in [0.3, 0.4) is 0 Å². The number of amides is 1. The predicted molar refractivity (Wildman–Crippen MR) is 94.6 cm³/mol. The Bertz CT molecular complexity index is 749. The Morgan fingerprint density at radius 3 is 2.67 bits per heavy atom. The van der Waals surface area contributed by atoms with Crippen LogP contribution in [0.25, 0.3) is 0 Å². The van der Waals surface area contributed by atoms with Crippen LogP contribution in [0.1, 0.15) is 12.5 Å². The van der Waals surface area contributed by atoms with Crippen molar-refractivity contribution < 1.29 is 19.4 Å². The number of halogens is 1. The van der Waals surface area contributed by atoms with E-state index in [0.29, 0.717) is 17.1 Å². The molecule has 0 aromatic heterocycles. The first-order valence-corrected chi connectivity index (χ1v) is 7.92. The zero-order valence-corrected chi connectivity index (χ0v) is 14.8. The van der Waals surface area contributed by atoms with Gasteiger partial charge in [0.15, 0.2) is 17.6 Å². The fourth-order valence-corrected chi connectivity index (χ4v) is 2.23. The van der Waals surface area contributed by atoms with Gasteiger partial charge in [-0.3, -0.25) is 4.79 Å². The maximum atomic E-state index is 12.0. The number of nitrogens with one attached hydrogen (secondary N) is 1. The van der Waals surface area contributed by atoms with Crippen molar-refractivity contribution in [3.05, 3.63) is 52.5 Å². The monoisotopic (exact) mass is 392 g/mol. The first-order valence-electron chi connectivity index (χ1n) is 7.13. The summed E-state index contributed by atoms with van der Waals surface area (Å²) >= 11 is 3.35. The molecule has 126 valence electrons. The van der Waals surface area contributed by atoms with Crippen molar-refractivity contribution >= 4 is 28.1 Å². The number of phenolic OH excluding ortho intramolecular Hbond substituents is 1. The number of methoxy groups -OCH3 is 1. The molecule has 2 N–H and O–H groups in total. The van der Waals surface area contributed by atoms with Crippen LogP contribution in [-0.4, -0.2) is 30.4 Å². The molecule has 0 unspecified atom stereocenters. The van der Waals surface area contributed by atoms with Gasteiger partial charge in [0.25, 0.3) is 5.91 Å². The number of hydrazone groups is 1. The summed E-state index contributed by atoms with van der Waals surface area (Å²) < 4.78 is 11.3. The average molecular weight is 393 g/mol. The van der Waals surface area contributed by atoms with Crippen molar-refractivity contribution in [2.75, 3.05) is 7.11 Å². The molecule has 0 saturated carbocycles. The smallest absolute Gasteiger partial charge is 0.280 e. The largest absolute Gasteiger partial charge is 0.504 e. The van der Waals surface area contributed by atoms with Crippen LogP contribution in [-0.2, 0) is 4.79 Å². The minimum absolute atomic E-state index is 0.0458.